The van der Waals surface area contributed by atoms with Gasteiger partial charge in [-0.25, -0.2) is 4.98 Å². The zero-order valence-corrected chi connectivity index (χ0v) is 10.3. The lowest BCUT2D eigenvalue weighted by molar-refractivity contribution is 0.399. The maximum absolute atomic E-state index is 5.49. The average molecular weight is 238 g/mol. The molecule has 2 heterocycles. The molecule has 16 heavy (non-hydrogen) atoms. The van der Waals surface area contributed by atoms with E-state index in [9.17, 15) is 0 Å². The van der Waals surface area contributed by atoms with Gasteiger partial charge in [-0.2, -0.15) is 0 Å². The first-order valence-corrected chi connectivity index (χ1v) is 5.95. The number of nitrogens with one attached hydrogen (secondary N) is 1. The highest BCUT2D eigenvalue weighted by molar-refractivity contribution is 7.07. The highest BCUT2D eigenvalue weighted by atomic mass is 32.1. The molecule has 0 aromatic carbocycles. The largest absolute Gasteiger partial charge is 0.408 e. The van der Waals surface area contributed by atoms with Crippen LogP contribution < -0.4 is 5.32 Å². The van der Waals surface area contributed by atoms with Crippen LogP contribution in [0.2, 0.25) is 0 Å². The smallest absolute Gasteiger partial charge is 0.315 e. The van der Waals surface area contributed by atoms with Crippen molar-refractivity contribution in [2.24, 2.45) is 0 Å². The summed E-state index contributed by atoms with van der Waals surface area (Å²) in [6.07, 6.45) is 0. The second-order valence-electron chi connectivity index (χ2n) is 4.50. The van der Waals surface area contributed by atoms with Gasteiger partial charge in [0.1, 0.15) is 0 Å². The first-order chi connectivity index (χ1) is 7.55. The fourth-order valence-corrected chi connectivity index (χ4v) is 1.65. The van der Waals surface area contributed by atoms with Gasteiger partial charge >= 0.3 is 6.01 Å². The molecule has 2 aromatic heterocycles. The van der Waals surface area contributed by atoms with Gasteiger partial charge in [-0.05, 0) is 0 Å². The lowest BCUT2D eigenvalue weighted by Gasteiger charge is -2.10. The van der Waals surface area contributed by atoms with E-state index in [2.05, 4.69) is 20.5 Å². The van der Waals surface area contributed by atoms with Crippen LogP contribution in [0.4, 0.5) is 6.01 Å². The second-order valence-corrected chi connectivity index (χ2v) is 5.21. The molecule has 0 amide bonds. The number of thiazole rings is 1. The number of hydrogen-bond donors (Lipinski definition) is 1. The fourth-order valence-electron chi connectivity index (χ4n) is 1.09. The molecule has 5 nitrogen and oxygen atoms in total. The van der Waals surface area contributed by atoms with Gasteiger partial charge < -0.3 is 9.73 Å². The van der Waals surface area contributed by atoms with Crippen molar-refractivity contribution in [3.63, 3.8) is 0 Å². The normalized spacial score (nSPS) is 11.7. The van der Waals surface area contributed by atoms with Crippen LogP contribution in [0.15, 0.2) is 15.3 Å². The van der Waals surface area contributed by atoms with Gasteiger partial charge in [0.15, 0.2) is 0 Å². The topological polar surface area (TPSA) is 63.8 Å². The maximum atomic E-state index is 5.49. The Labute approximate surface area is 97.9 Å². The Morgan fingerprint density at radius 1 is 1.38 bits per heavy atom. The Kier molecular flexibility index (Phi) is 2.91. The molecule has 0 atom stereocenters. The van der Waals surface area contributed by atoms with Crippen LogP contribution >= 0.6 is 11.3 Å². The first-order valence-electron chi connectivity index (χ1n) is 5.00. The molecule has 0 bridgehead atoms. The van der Waals surface area contributed by atoms with Crippen LogP contribution in [-0.2, 0) is 12.0 Å². The summed E-state index contributed by atoms with van der Waals surface area (Å²) in [6.45, 7) is 6.70. The van der Waals surface area contributed by atoms with Crippen molar-refractivity contribution in [3.8, 4) is 0 Å². The molecule has 0 aliphatic rings. The van der Waals surface area contributed by atoms with Gasteiger partial charge in [0.05, 0.1) is 17.7 Å². The molecular weight excluding hydrogens is 224 g/mol. The van der Waals surface area contributed by atoms with Crippen LogP contribution in [0.25, 0.3) is 0 Å². The number of hydrogen-bond acceptors (Lipinski definition) is 6. The van der Waals surface area contributed by atoms with E-state index in [0.29, 0.717) is 18.5 Å². The number of aromatic nitrogens is 3. The number of anilines is 1. The molecule has 2 rings (SSSR count). The minimum Gasteiger partial charge on any atom is -0.408 e. The summed E-state index contributed by atoms with van der Waals surface area (Å²) in [7, 11) is 0. The molecule has 0 spiro atoms. The van der Waals surface area contributed by atoms with Gasteiger partial charge in [-0.1, -0.05) is 25.9 Å². The molecule has 86 valence electrons. The summed E-state index contributed by atoms with van der Waals surface area (Å²) >= 11 is 1.57. The standard InChI is InChI=1S/C10H14N4OS/c1-10(2,3)8-13-14-9(15-8)11-4-7-5-16-6-12-7/h5-6H,4H2,1-3H3,(H,11,14). The van der Waals surface area contributed by atoms with Crippen molar-refractivity contribution in [1.29, 1.82) is 0 Å². The Hall–Kier alpha value is -1.43. The van der Waals surface area contributed by atoms with Gasteiger partial charge in [0, 0.05) is 10.8 Å². The molecule has 0 aliphatic heterocycles. The molecule has 6 heteroatoms. The van der Waals surface area contributed by atoms with Gasteiger partial charge in [0.2, 0.25) is 5.89 Å². The minimum absolute atomic E-state index is 0.117. The van der Waals surface area contributed by atoms with Gasteiger partial charge in [-0.3, -0.25) is 0 Å². The lowest BCUT2D eigenvalue weighted by atomic mass is 9.97. The zero-order chi connectivity index (χ0) is 11.6. The van der Waals surface area contributed by atoms with Crippen molar-refractivity contribution in [1.82, 2.24) is 15.2 Å². The summed E-state index contributed by atoms with van der Waals surface area (Å²) in [6, 6.07) is 0.443. The van der Waals surface area contributed by atoms with E-state index in [1.54, 1.807) is 16.8 Å². The Morgan fingerprint density at radius 3 is 2.75 bits per heavy atom. The van der Waals surface area contributed by atoms with Crippen LogP contribution in [0, 0.1) is 0 Å². The minimum atomic E-state index is -0.117. The molecule has 0 radical (unpaired) electrons. The summed E-state index contributed by atoms with van der Waals surface area (Å²) in [5.74, 6) is 0.633. The van der Waals surface area contributed by atoms with E-state index in [0.717, 1.165) is 5.69 Å². The summed E-state index contributed by atoms with van der Waals surface area (Å²) in [5, 5.41) is 12.9. The summed E-state index contributed by atoms with van der Waals surface area (Å²) in [5.41, 5.74) is 2.65. The highest BCUT2D eigenvalue weighted by Gasteiger charge is 2.21. The third-order valence-electron chi connectivity index (χ3n) is 1.97. The van der Waals surface area contributed by atoms with E-state index < -0.39 is 0 Å². The first kappa shape index (κ1) is 11.1. The van der Waals surface area contributed by atoms with Crippen LogP contribution in [0.1, 0.15) is 32.4 Å². The molecule has 2 aromatic rings. The molecule has 0 aliphatic carbocycles. The molecule has 1 N–H and O–H groups in total. The SMILES string of the molecule is CC(C)(C)c1nnc(NCc2cscn2)o1. The van der Waals surface area contributed by atoms with E-state index in [1.807, 2.05) is 26.2 Å². The second kappa shape index (κ2) is 4.21. The lowest BCUT2D eigenvalue weighted by Crippen LogP contribution is -2.11. The van der Waals surface area contributed by atoms with Gasteiger partial charge in [0.25, 0.3) is 0 Å². The van der Waals surface area contributed by atoms with Crippen LogP contribution in [-0.4, -0.2) is 15.2 Å². The number of nitrogens with zero attached hydrogens (tertiary/aromatic N) is 3. The zero-order valence-electron chi connectivity index (χ0n) is 9.52. The Bertz CT molecular complexity index is 444. The monoisotopic (exact) mass is 238 g/mol. The van der Waals surface area contributed by atoms with E-state index in [-0.39, 0.29) is 5.41 Å². The third-order valence-corrected chi connectivity index (χ3v) is 2.61. The van der Waals surface area contributed by atoms with Crippen molar-refractivity contribution < 1.29 is 4.42 Å². The van der Waals surface area contributed by atoms with E-state index >= 15 is 0 Å². The number of rotatable bonds is 3. The quantitative estimate of drug-likeness (QED) is 0.889. The predicted octanol–water partition coefficient (Wildman–Crippen LogP) is 2.44. The molecule has 0 saturated carbocycles. The third kappa shape index (κ3) is 2.57. The molecular formula is C10H14N4OS. The van der Waals surface area contributed by atoms with Crippen molar-refractivity contribution in [2.45, 2.75) is 32.7 Å². The van der Waals surface area contributed by atoms with Gasteiger partial charge in [-0.15, -0.1) is 16.4 Å². The van der Waals surface area contributed by atoms with Crippen molar-refractivity contribution in [2.75, 3.05) is 5.32 Å². The van der Waals surface area contributed by atoms with E-state index in [1.165, 1.54) is 0 Å². The molecule has 0 unspecified atom stereocenters. The Morgan fingerprint density at radius 2 is 2.19 bits per heavy atom. The molecule has 0 fully saturated rings. The van der Waals surface area contributed by atoms with E-state index in [4.69, 9.17) is 4.42 Å². The highest BCUT2D eigenvalue weighted by Crippen LogP contribution is 2.22. The van der Waals surface area contributed by atoms with Crippen LogP contribution in [0.5, 0.6) is 0 Å². The Balaban J connectivity index is 1.98. The maximum Gasteiger partial charge on any atom is 0.315 e. The van der Waals surface area contributed by atoms with Crippen molar-refractivity contribution in [3.05, 3.63) is 22.5 Å². The fraction of sp³-hybridized carbons (Fsp3) is 0.500. The van der Waals surface area contributed by atoms with Crippen LogP contribution in [0.3, 0.4) is 0 Å². The van der Waals surface area contributed by atoms with Crippen molar-refractivity contribution >= 4 is 17.4 Å². The summed E-state index contributed by atoms with van der Waals surface area (Å²) < 4.78 is 5.49. The predicted molar refractivity (Wildman–Crippen MR) is 62.4 cm³/mol. The molecule has 0 saturated heterocycles. The average Bonchev–Trinajstić information content (AvgIpc) is 2.85. The summed E-state index contributed by atoms with van der Waals surface area (Å²) in [4.78, 5) is 4.15.